The minimum atomic E-state index is 0.788. The number of nitrogens with two attached hydrogens (primary N) is 1. The number of hydrogen-bond donors (Lipinski definition) is 1. The maximum atomic E-state index is 5.78. The Balaban J connectivity index is 2.87. The van der Waals surface area contributed by atoms with Crippen LogP contribution in [-0.4, -0.2) is 0 Å². The Labute approximate surface area is 85.7 Å². The number of halogens is 1. The van der Waals surface area contributed by atoms with Gasteiger partial charge in [0.15, 0.2) is 0 Å². The van der Waals surface area contributed by atoms with Crippen LogP contribution < -0.4 is 5.73 Å². The molecule has 0 saturated carbocycles. The van der Waals surface area contributed by atoms with E-state index in [1.807, 2.05) is 12.1 Å². The topological polar surface area (TPSA) is 26.0 Å². The van der Waals surface area contributed by atoms with Crippen molar-refractivity contribution in [3.05, 3.63) is 40.4 Å². The second kappa shape index (κ2) is 3.04. The Hall–Kier alpha value is -1.02. The molecule has 2 aromatic carbocycles. The quantitative estimate of drug-likeness (QED) is 0.696. The molecule has 0 amide bonds. The number of anilines is 1. The molecule has 0 aliphatic rings. The van der Waals surface area contributed by atoms with Crippen LogP contribution in [0.1, 0.15) is 5.56 Å². The highest BCUT2D eigenvalue weighted by Gasteiger charge is 2.01. The van der Waals surface area contributed by atoms with E-state index in [9.17, 15) is 0 Å². The van der Waals surface area contributed by atoms with Crippen molar-refractivity contribution < 1.29 is 0 Å². The van der Waals surface area contributed by atoms with E-state index in [0.717, 1.165) is 10.2 Å². The molecule has 2 rings (SSSR count). The Kier molecular flexibility index (Phi) is 2.00. The van der Waals surface area contributed by atoms with Crippen LogP contribution in [0.15, 0.2) is 34.8 Å². The minimum absolute atomic E-state index is 0.788. The summed E-state index contributed by atoms with van der Waals surface area (Å²) < 4.78 is 0.991. The molecule has 1 nitrogen and oxygen atoms in total. The Morgan fingerprint density at radius 2 is 1.92 bits per heavy atom. The zero-order chi connectivity index (χ0) is 9.42. The van der Waals surface area contributed by atoms with Gasteiger partial charge in [0, 0.05) is 10.2 Å². The highest BCUT2D eigenvalue weighted by Crippen LogP contribution is 2.29. The van der Waals surface area contributed by atoms with Gasteiger partial charge in [-0.3, -0.25) is 0 Å². The predicted molar refractivity (Wildman–Crippen MR) is 60.8 cm³/mol. The molecule has 0 radical (unpaired) electrons. The van der Waals surface area contributed by atoms with Crippen LogP contribution in [-0.2, 0) is 0 Å². The number of fused-ring (bicyclic) bond motifs is 1. The van der Waals surface area contributed by atoms with Crippen LogP contribution in [0.25, 0.3) is 10.8 Å². The summed E-state index contributed by atoms with van der Waals surface area (Å²) in [6.45, 7) is 2.09. The lowest BCUT2D eigenvalue weighted by molar-refractivity contribution is 1.50. The monoisotopic (exact) mass is 235 g/mol. The number of benzene rings is 2. The van der Waals surface area contributed by atoms with E-state index >= 15 is 0 Å². The highest BCUT2D eigenvalue weighted by atomic mass is 79.9. The first kappa shape index (κ1) is 8.57. The number of nitrogen functional groups attached to an aromatic ring is 1. The predicted octanol–water partition coefficient (Wildman–Crippen LogP) is 3.49. The summed E-state index contributed by atoms with van der Waals surface area (Å²) in [5.74, 6) is 0. The molecule has 13 heavy (non-hydrogen) atoms. The maximum Gasteiger partial charge on any atom is 0.0483 e. The average molecular weight is 236 g/mol. The molecule has 0 fully saturated rings. The molecular formula is C11H10BrN. The van der Waals surface area contributed by atoms with E-state index in [-0.39, 0.29) is 0 Å². The van der Waals surface area contributed by atoms with Crippen molar-refractivity contribution in [1.82, 2.24) is 0 Å². The van der Waals surface area contributed by atoms with Crippen LogP contribution in [0, 0.1) is 6.92 Å². The third-order valence-electron chi connectivity index (χ3n) is 2.14. The first-order chi connectivity index (χ1) is 6.18. The zero-order valence-corrected chi connectivity index (χ0v) is 8.93. The zero-order valence-electron chi connectivity index (χ0n) is 7.34. The molecule has 2 N–H and O–H groups in total. The summed E-state index contributed by atoms with van der Waals surface area (Å²) in [4.78, 5) is 0. The molecule has 0 bridgehead atoms. The van der Waals surface area contributed by atoms with Crippen molar-refractivity contribution in [2.75, 3.05) is 5.73 Å². The fourth-order valence-electron chi connectivity index (χ4n) is 1.43. The summed E-state index contributed by atoms with van der Waals surface area (Å²) in [5, 5.41) is 2.40. The lowest BCUT2D eigenvalue weighted by atomic mass is 10.1. The molecule has 2 aromatic rings. The van der Waals surface area contributed by atoms with Gasteiger partial charge >= 0.3 is 0 Å². The highest BCUT2D eigenvalue weighted by molar-refractivity contribution is 9.10. The second-order valence-electron chi connectivity index (χ2n) is 3.19. The first-order valence-corrected chi connectivity index (χ1v) is 4.92. The fraction of sp³-hybridized carbons (Fsp3) is 0.0909. The van der Waals surface area contributed by atoms with E-state index in [1.54, 1.807) is 0 Å². The lowest BCUT2D eigenvalue weighted by Gasteiger charge is -2.04. The molecule has 0 atom stereocenters. The van der Waals surface area contributed by atoms with Gasteiger partial charge in [0.05, 0.1) is 0 Å². The van der Waals surface area contributed by atoms with Gasteiger partial charge < -0.3 is 5.73 Å². The number of aryl methyl sites for hydroxylation is 1. The molecule has 0 aliphatic heterocycles. The van der Waals surface area contributed by atoms with Crippen molar-refractivity contribution in [3.63, 3.8) is 0 Å². The van der Waals surface area contributed by atoms with Gasteiger partial charge in [0.1, 0.15) is 0 Å². The van der Waals surface area contributed by atoms with Crippen molar-refractivity contribution in [2.45, 2.75) is 6.92 Å². The standard InChI is InChI=1S/C11H10BrN/c1-7-2-4-9-8(6-7)3-5-10(13)11(9)12/h2-6H,13H2,1H3. The maximum absolute atomic E-state index is 5.78. The van der Waals surface area contributed by atoms with Crippen LogP contribution in [0.4, 0.5) is 5.69 Å². The van der Waals surface area contributed by atoms with Crippen molar-refractivity contribution >= 4 is 32.4 Å². The largest absolute Gasteiger partial charge is 0.398 e. The third kappa shape index (κ3) is 1.42. The number of rotatable bonds is 0. The van der Waals surface area contributed by atoms with Gasteiger partial charge in [-0.25, -0.2) is 0 Å². The Morgan fingerprint density at radius 3 is 2.69 bits per heavy atom. The van der Waals surface area contributed by atoms with Crippen molar-refractivity contribution in [3.8, 4) is 0 Å². The Morgan fingerprint density at radius 1 is 1.15 bits per heavy atom. The van der Waals surface area contributed by atoms with E-state index in [0.29, 0.717) is 0 Å². The summed E-state index contributed by atoms with van der Waals surface area (Å²) in [6, 6.07) is 10.3. The van der Waals surface area contributed by atoms with Crippen LogP contribution in [0.3, 0.4) is 0 Å². The van der Waals surface area contributed by atoms with Gasteiger partial charge in [-0.1, -0.05) is 29.8 Å². The summed E-state index contributed by atoms with van der Waals surface area (Å²) in [6.07, 6.45) is 0. The van der Waals surface area contributed by atoms with Crippen molar-refractivity contribution in [1.29, 1.82) is 0 Å². The molecule has 2 heteroatoms. The molecule has 66 valence electrons. The third-order valence-corrected chi connectivity index (χ3v) is 3.02. The fourth-order valence-corrected chi connectivity index (χ4v) is 1.92. The molecule has 0 unspecified atom stereocenters. The van der Waals surface area contributed by atoms with E-state index in [4.69, 9.17) is 5.73 Å². The summed E-state index contributed by atoms with van der Waals surface area (Å²) in [5.41, 5.74) is 7.83. The molecule has 0 aromatic heterocycles. The van der Waals surface area contributed by atoms with Gasteiger partial charge in [-0.2, -0.15) is 0 Å². The molecule has 0 saturated heterocycles. The molecule has 0 heterocycles. The second-order valence-corrected chi connectivity index (χ2v) is 3.99. The smallest absolute Gasteiger partial charge is 0.0483 e. The number of hydrogen-bond acceptors (Lipinski definition) is 1. The SMILES string of the molecule is Cc1ccc2c(Br)c(N)ccc2c1. The van der Waals surface area contributed by atoms with Crippen LogP contribution in [0.2, 0.25) is 0 Å². The van der Waals surface area contributed by atoms with Gasteiger partial charge in [0.25, 0.3) is 0 Å². The van der Waals surface area contributed by atoms with E-state index in [1.165, 1.54) is 16.3 Å². The van der Waals surface area contributed by atoms with Crippen molar-refractivity contribution in [2.24, 2.45) is 0 Å². The normalized spacial score (nSPS) is 10.6. The first-order valence-electron chi connectivity index (χ1n) is 4.13. The van der Waals surface area contributed by atoms with Gasteiger partial charge in [-0.05, 0) is 39.7 Å². The molecular weight excluding hydrogens is 226 g/mol. The Bertz CT molecular complexity index is 463. The van der Waals surface area contributed by atoms with Crippen LogP contribution in [0.5, 0.6) is 0 Å². The summed E-state index contributed by atoms with van der Waals surface area (Å²) >= 11 is 3.48. The van der Waals surface area contributed by atoms with Crippen LogP contribution >= 0.6 is 15.9 Å². The van der Waals surface area contributed by atoms with E-state index in [2.05, 4.69) is 41.1 Å². The molecule has 0 aliphatic carbocycles. The van der Waals surface area contributed by atoms with Gasteiger partial charge in [-0.15, -0.1) is 0 Å². The lowest BCUT2D eigenvalue weighted by Crippen LogP contribution is -1.87. The van der Waals surface area contributed by atoms with E-state index < -0.39 is 0 Å². The van der Waals surface area contributed by atoms with Gasteiger partial charge in [0.2, 0.25) is 0 Å². The summed E-state index contributed by atoms with van der Waals surface area (Å²) in [7, 11) is 0. The molecule has 0 spiro atoms. The average Bonchev–Trinajstić information content (AvgIpc) is 2.12. The minimum Gasteiger partial charge on any atom is -0.398 e.